The van der Waals surface area contributed by atoms with Crippen molar-refractivity contribution in [2.45, 2.75) is 19.4 Å². The summed E-state index contributed by atoms with van der Waals surface area (Å²) in [6.07, 6.45) is 3.70. The van der Waals surface area contributed by atoms with Gasteiger partial charge in [-0.2, -0.15) is 15.0 Å². The van der Waals surface area contributed by atoms with Gasteiger partial charge in [0, 0.05) is 0 Å². The number of rotatable bonds is 2. The van der Waals surface area contributed by atoms with E-state index in [2.05, 4.69) is 28.8 Å². The first-order valence-electron chi connectivity index (χ1n) is 6.65. The molecule has 1 aromatic rings. The van der Waals surface area contributed by atoms with Crippen molar-refractivity contribution in [1.29, 1.82) is 0 Å². The molecule has 0 amide bonds. The molecule has 8 atom stereocenters. The van der Waals surface area contributed by atoms with Crippen LogP contribution >= 0.6 is 0 Å². The van der Waals surface area contributed by atoms with Crippen molar-refractivity contribution in [3.8, 4) is 0 Å². The maximum absolute atomic E-state index is 4.45. The predicted molar refractivity (Wildman–Crippen MR) is 56.2 cm³/mol. The molecule has 7 unspecified atom stereocenters. The van der Waals surface area contributed by atoms with Gasteiger partial charge in [0.05, 0.1) is 17.9 Å². The minimum absolute atomic E-state index is 0.428. The van der Waals surface area contributed by atoms with Crippen LogP contribution in [0.25, 0.3) is 0 Å². The third kappa shape index (κ3) is 0.317. The van der Waals surface area contributed by atoms with Crippen molar-refractivity contribution < 1.29 is 0 Å². The summed E-state index contributed by atoms with van der Waals surface area (Å²) in [6.45, 7) is 4.87. The molecular weight excluding hydrogens is 198 g/mol. The monoisotopic (exact) mass is 213 g/mol. The largest absolute Gasteiger partial charge is 0.178 e. The number of nitrogens with zero attached hydrogens (tertiary/aromatic N) is 3. The Morgan fingerprint density at radius 3 is 2.25 bits per heavy atom. The molecule has 7 rings (SSSR count). The highest BCUT2D eigenvalue weighted by molar-refractivity contribution is 5.56. The zero-order valence-electron chi connectivity index (χ0n) is 9.54. The van der Waals surface area contributed by atoms with Crippen LogP contribution in [0, 0.1) is 46.8 Å². The highest BCUT2D eigenvalue weighted by Gasteiger charge is 3.11. The highest BCUT2D eigenvalue weighted by atomic mass is 15.5. The topological polar surface area (TPSA) is 30.7 Å². The van der Waals surface area contributed by atoms with Crippen molar-refractivity contribution in [3.63, 3.8) is 0 Å². The third-order valence-electron chi connectivity index (χ3n) is 7.38. The SMILES string of the molecule is CC(C)C12C3C4C5C3[C@@H]1C5(n1nccn1)C42. The molecule has 0 radical (unpaired) electrons. The summed E-state index contributed by atoms with van der Waals surface area (Å²) >= 11 is 0. The Hall–Kier alpha value is -0.860. The Balaban J connectivity index is 1.56. The number of hydrogen-bond acceptors (Lipinski definition) is 2. The smallest absolute Gasteiger partial charge is 0.0930 e. The molecule has 1 aromatic heterocycles. The Morgan fingerprint density at radius 2 is 1.69 bits per heavy atom. The average molecular weight is 213 g/mol. The molecule has 0 spiro atoms. The zero-order chi connectivity index (χ0) is 10.4. The Morgan fingerprint density at radius 1 is 1.06 bits per heavy atom. The van der Waals surface area contributed by atoms with Crippen molar-refractivity contribution >= 4 is 0 Å². The average Bonchev–Trinajstić information content (AvgIpc) is 2.81. The summed E-state index contributed by atoms with van der Waals surface area (Å²) < 4.78 is 0. The lowest BCUT2D eigenvalue weighted by molar-refractivity contribution is -0.658. The van der Waals surface area contributed by atoms with Gasteiger partial charge in [0.1, 0.15) is 0 Å². The highest BCUT2D eigenvalue weighted by Crippen LogP contribution is 3.10. The van der Waals surface area contributed by atoms with E-state index in [1.807, 2.05) is 12.4 Å². The van der Waals surface area contributed by atoms with Gasteiger partial charge < -0.3 is 0 Å². The van der Waals surface area contributed by atoms with Crippen LogP contribution in [0.15, 0.2) is 12.4 Å². The van der Waals surface area contributed by atoms with Crippen molar-refractivity contribution in [2.75, 3.05) is 0 Å². The lowest BCUT2D eigenvalue weighted by Gasteiger charge is -3.11. The van der Waals surface area contributed by atoms with Crippen molar-refractivity contribution in [2.24, 2.45) is 46.8 Å². The van der Waals surface area contributed by atoms with Crippen LogP contribution < -0.4 is 0 Å². The fourth-order valence-electron chi connectivity index (χ4n) is 7.56. The lowest BCUT2D eigenvalue weighted by Crippen LogP contribution is -3.13. The Labute approximate surface area is 94.2 Å². The van der Waals surface area contributed by atoms with Crippen LogP contribution in [-0.2, 0) is 5.54 Å². The number of hydrogen-bond donors (Lipinski definition) is 0. The van der Waals surface area contributed by atoms with E-state index in [1.54, 1.807) is 0 Å². The summed E-state index contributed by atoms with van der Waals surface area (Å²) in [6, 6.07) is 0. The number of aromatic nitrogens is 3. The predicted octanol–water partition coefficient (Wildman–Crippen LogP) is 1.38. The van der Waals surface area contributed by atoms with E-state index < -0.39 is 0 Å². The summed E-state index contributed by atoms with van der Waals surface area (Å²) in [5, 5.41) is 8.91. The molecule has 0 N–H and O–H groups in total. The maximum Gasteiger partial charge on any atom is 0.0930 e. The molecule has 6 fully saturated rings. The molecule has 0 saturated heterocycles. The van der Waals surface area contributed by atoms with Crippen LogP contribution in [0.4, 0.5) is 0 Å². The second kappa shape index (κ2) is 1.59. The molecule has 0 aromatic carbocycles. The quantitative estimate of drug-likeness (QED) is 0.743. The molecule has 16 heavy (non-hydrogen) atoms. The summed E-state index contributed by atoms with van der Waals surface area (Å²) in [4.78, 5) is 2.09. The van der Waals surface area contributed by atoms with Gasteiger partial charge >= 0.3 is 0 Å². The Bertz CT molecular complexity index is 511. The molecule has 6 saturated carbocycles. The molecule has 1 heterocycles. The molecule has 0 aliphatic heterocycles. The second-order valence-corrected chi connectivity index (χ2v) is 7.02. The Kier molecular flexibility index (Phi) is 0.743. The van der Waals surface area contributed by atoms with E-state index in [4.69, 9.17) is 0 Å². The molecule has 82 valence electrons. The minimum Gasteiger partial charge on any atom is -0.178 e. The fourth-order valence-corrected chi connectivity index (χ4v) is 7.56. The normalized spacial score (nSPS) is 69.7. The molecular formula is C13H15N3. The standard InChI is InChI=1S/C13H15N3/c1-5(2)12-8-6-9-7(8)11(12)13(9,10(6)12)16-14-3-4-15-16/h3-11H,1-2H3/t6?,7?,8?,9?,10-,11?,12?,13?/m0/s1. The van der Waals surface area contributed by atoms with Crippen LogP contribution in [0.3, 0.4) is 0 Å². The van der Waals surface area contributed by atoms with Gasteiger partial charge in [0.15, 0.2) is 0 Å². The van der Waals surface area contributed by atoms with Gasteiger partial charge in [-0.1, -0.05) is 13.8 Å². The maximum atomic E-state index is 4.45. The zero-order valence-corrected chi connectivity index (χ0v) is 9.54. The van der Waals surface area contributed by atoms with Crippen molar-refractivity contribution in [1.82, 2.24) is 15.0 Å². The van der Waals surface area contributed by atoms with E-state index in [-0.39, 0.29) is 0 Å². The summed E-state index contributed by atoms with van der Waals surface area (Å²) in [7, 11) is 0. The van der Waals surface area contributed by atoms with E-state index in [0.717, 1.165) is 46.8 Å². The van der Waals surface area contributed by atoms with E-state index in [0.29, 0.717) is 5.54 Å². The van der Waals surface area contributed by atoms with Gasteiger partial charge in [-0.25, -0.2) is 0 Å². The molecule has 3 nitrogen and oxygen atoms in total. The van der Waals surface area contributed by atoms with Crippen LogP contribution in [-0.4, -0.2) is 15.0 Å². The molecule has 6 aliphatic carbocycles. The van der Waals surface area contributed by atoms with E-state index in [1.165, 1.54) is 0 Å². The van der Waals surface area contributed by atoms with Crippen LogP contribution in [0.2, 0.25) is 0 Å². The summed E-state index contributed by atoms with van der Waals surface area (Å²) in [5.74, 6) is 7.08. The van der Waals surface area contributed by atoms with Gasteiger partial charge in [0.25, 0.3) is 0 Å². The minimum atomic E-state index is 0.428. The fraction of sp³-hybridized carbons (Fsp3) is 0.846. The third-order valence-corrected chi connectivity index (χ3v) is 7.38. The summed E-state index contributed by atoms with van der Waals surface area (Å²) in [5.41, 5.74) is 1.18. The molecule has 6 aliphatic rings. The first kappa shape index (κ1) is 7.46. The molecule has 0 bridgehead atoms. The van der Waals surface area contributed by atoms with Gasteiger partial charge in [-0.15, -0.1) is 0 Å². The lowest BCUT2D eigenvalue weighted by atomic mass is 8.93. The van der Waals surface area contributed by atoms with E-state index in [9.17, 15) is 0 Å². The molecule has 3 heteroatoms. The van der Waals surface area contributed by atoms with Gasteiger partial charge in [-0.3, -0.25) is 0 Å². The van der Waals surface area contributed by atoms with Crippen molar-refractivity contribution in [3.05, 3.63) is 12.4 Å². The van der Waals surface area contributed by atoms with Gasteiger partial charge in [-0.05, 0) is 46.8 Å². The van der Waals surface area contributed by atoms with E-state index >= 15 is 0 Å². The van der Waals surface area contributed by atoms with Crippen LogP contribution in [0.5, 0.6) is 0 Å². The van der Waals surface area contributed by atoms with Crippen LogP contribution in [0.1, 0.15) is 13.8 Å². The first-order valence-corrected chi connectivity index (χ1v) is 6.65. The van der Waals surface area contributed by atoms with Gasteiger partial charge in [0.2, 0.25) is 0 Å². The first-order chi connectivity index (χ1) is 7.78. The second-order valence-electron chi connectivity index (χ2n) is 7.02.